The summed E-state index contributed by atoms with van der Waals surface area (Å²) >= 11 is 0. The number of carbonyl (C=O) groups is 1. The van der Waals surface area contributed by atoms with Gasteiger partial charge in [0, 0.05) is 0 Å². The van der Waals surface area contributed by atoms with Crippen LogP contribution in [0.2, 0.25) is 0 Å². The molecule has 0 bridgehead atoms. The van der Waals surface area contributed by atoms with E-state index in [0.717, 1.165) is 24.8 Å². The lowest BCUT2D eigenvalue weighted by Gasteiger charge is -2.20. The molecule has 1 aromatic rings. The topological polar surface area (TPSA) is 55.1 Å². The molecule has 0 saturated carbocycles. The lowest BCUT2D eigenvalue weighted by atomic mass is 9.99. The van der Waals surface area contributed by atoms with Crippen LogP contribution in [0.4, 0.5) is 0 Å². The first-order valence-corrected chi connectivity index (χ1v) is 7.08. The van der Waals surface area contributed by atoms with Crippen molar-refractivity contribution in [1.29, 1.82) is 0 Å². The number of rotatable bonds is 6. The van der Waals surface area contributed by atoms with Gasteiger partial charge < -0.3 is 11.1 Å². The molecule has 1 rings (SSSR count). The fraction of sp³-hybridized carbons (Fsp3) is 0.562. The number of aryl methyl sites for hydroxylation is 2. The van der Waals surface area contributed by atoms with E-state index in [2.05, 4.69) is 44.3 Å². The molecule has 0 aromatic heterocycles. The SMILES string of the molecule is CCCC[C@H](N)C(=O)NC(C)c1cc(C)ccc1C. The highest BCUT2D eigenvalue weighted by molar-refractivity contribution is 5.81. The van der Waals surface area contributed by atoms with Gasteiger partial charge in [0.25, 0.3) is 0 Å². The van der Waals surface area contributed by atoms with Crippen molar-refractivity contribution in [1.82, 2.24) is 5.32 Å². The highest BCUT2D eigenvalue weighted by atomic mass is 16.2. The molecule has 0 spiro atoms. The lowest BCUT2D eigenvalue weighted by molar-refractivity contribution is -0.123. The van der Waals surface area contributed by atoms with Crippen molar-refractivity contribution in [2.45, 2.75) is 59.0 Å². The predicted molar refractivity (Wildman–Crippen MR) is 80.0 cm³/mol. The Bertz CT molecular complexity index is 429. The van der Waals surface area contributed by atoms with Gasteiger partial charge in [-0.15, -0.1) is 0 Å². The van der Waals surface area contributed by atoms with Crippen molar-refractivity contribution >= 4 is 5.91 Å². The summed E-state index contributed by atoms with van der Waals surface area (Å²) in [6, 6.07) is 5.90. The molecule has 0 fully saturated rings. The van der Waals surface area contributed by atoms with Crippen LogP contribution in [0.15, 0.2) is 18.2 Å². The summed E-state index contributed by atoms with van der Waals surface area (Å²) in [6.07, 6.45) is 2.81. The molecule has 0 aliphatic rings. The van der Waals surface area contributed by atoms with Gasteiger partial charge in [0.2, 0.25) is 5.91 Å². The molecule has 0 heterocycles. The summed E-state index contributed by atoms with van der Waals surface area (Å²) in [5.74, 6) is -0.0538. The highest BCUT2D eigenvalue weighted by Gasteiger charge is 2.17. The first kappa shape index (κ1) is 15.7. The second-order valence-corrected chi connectivity index (χ2v) is 5.34. The van der Waals surface area contributed by atoms with E-state index in [1.54, 1.807) is 0 Å². The summed E-state index contributed by atoms with van der Waals surface area (Å²) in [5, 5.41) is 3.01. The largest absolute Gasteiger partial charge is 0.348 e. The molecule has 3 heteroatoms. The minimum atomic E-state index is -0.396. The van der Waals surface area contributed by atoms with Crippen molar-refractivity contribution in [2.75, 3.05) is 0 Å². The second kappa shape index (κ2) is 7.29. The quantitative estimate of drug-likeness (QED) is 0.828. The van der Waals surface area contributed by atoms with Crippen LogP contribution in [0.1, 0.15) is 55.8 Å². The highest BCUT2D eigenvalue weighted by Crippen LogP contribution is 2.19. The number of carbonyl (C=O) groups excluding carboxylic acids is 1. The Balaban J connectivity index is 2.66. The number of unbranched alkanes of at least 4 members (excludes halogenated alkanes) is 1. The third-order valence-corrected chi connectivity index (χ3v) is 3.47. The monoisotopic (exact) mass is 262 g/mol. The Morgan fingerprint density at radius 3 is 2.68 bits per heavy atom. The standard InChI is InChI=1S/C16H26N2O/c1-5-6-7-15(17)16(19)18-13(4)14-10-11(2)8-9-12(14)3/h8-10,13,15H,5-7,17H2,1-4H3,(H,18,19)/t13?,15-/m0/s1. The maximum Gasteiger partial charge on any atom is 0.237 e. The molecule has 1 aromatic carbocycles. The molecule has 0 aliphatic heterocycles. The molecule has 3 N–H and O–H groups in total. The number of hydrogen-bond donors (Lipinski definition) is 2. The fourth-order valence-corrected chi connectivity index (χ4v) is 2.18. The van der Waals surface area contributed by atoms with Crippen LogP contribution in [0.25, 0.3) is 0 Å². The van der Waals surface area contributed by atoms with E-state index >= 15 is 0 Å². The van der Waals surface area contributed by atoms with Crippen LogP contribution in [-0.2, 0) is 4.79 Å². The minimum Gasteiger partial charge on any atom is -0.348 e. The van der Waals surface area contributed by atoms with Crippen LogP contribution in [0.3, 0.4) is 0 Å². The van der Waals surface area contributed by atoms with Crippen molar-refractivity contribution in [3.63, 3.8) is 0 Å². The lowest BCUT2D eigenvalue weighted by Crippen LogP contribution is -2.41. The fourth-order valence-electron chi connectivity index (χ4n) is 2.18. The zero-order chi connectivity index (χ0) is 14.4. The number of nitrogens with one attached hydrogen (secondary N) is 1. The van der Waals surface area contributed by atoms with E-state index in [0.29, 0.717) is 0 Å². The maximum absolute atomic E-state index is 12.0. The molecule has 2 atom stereocenters. The Labute approximate surface area is 116 Å². The molecule has 19 heavy (non-hydrogen) atoms. The van der Waals surface area contributed by atoms with Gasteiger partial charge in [-0.1, -0.05) is 43.5 Å². The van der Waals surface area contributed by atoms with Crippen LogP contribution in [0, 0.1) is 13.8 Å². The van der Waals surface area contributed by atoms with Gasteiger partial charge in [-0.2, -0.15) is 0 Å². The van der Waals surface area contributed by atoms with Crippen molar-refractivity contribution in [3.05, 3.63) is 34.9 Å². The van der Waals surface area contributed by atoms with E-state index in [1.807, 2.05) is 6.92 Å². The Morgan fingerprint density at radius 2 is 2.05 bits per heavy atom. The average molecular weight is 262 g/mol. The van der Waals surface area contributed by atoms with Gasteiger partial charge in [-0.3, -0.25) is 4.79 Å². The third-order valence-electron chi connectivity index (χ3n) is 3.47. The molecule has 106 valence electrons. The van der Waals surface area contributed by atoms with Gasteiger partial charge in [0.05, 0.1) is 12.1 Å². The summed E-state index contributed by atoms with van der Waals surface area (Å²) < 4.78 is 0. The molecule has 1 unspecified atom stereocenters. The smallest absolute Gasteiger partial charge is 0.237 e. The number of hydrogen-bond acceptors (Lipinski definition) is 2. The molecule has 0 saturated heterocycles. The van der Waals surface area contributed by atoms with E-state index in [1.165, 1.54) is 11.1 Å². The van der Waals surface area contributed by atoms with Gasteiger partial charge in [-0.25, -0.2) is 0 Å². The van der Waals surface area contributed by atoms with Crippen LogP contribution in [0.5, 0.6) is 0 Å². The molecular weight excluding hydrogens is 236 g/mol. The van der Waals surface area contributed by atoms with Crippen molar-refractivity contribution in [3.8, 4) is 0 Å². The molecule has 0 aliphatic carbocycles. The summed E-state index contributed by atoms with van der Waals surface area (Å²) in [4.78, 5) is 12.0. The molecule has 3 nitrogen and oxygen atoms in total. The molecule has 0 radical (unpaired) electrons. The normalized spacial score (nSPS) is 13.9. The van der Waals surface area contributed by atoms with E-state index in [-0.39, 0.29) is 11.9 Å². The first-order valence-electron chi connectivity index (χ1n) is 7.08. The van der Waals surface area contributed by atoms with Crippen LogP contribution in [-0.4, -0.2) is 11.9 Å². The van der Waals surface area contributed by atoms with Gasteiger partial charge >= 0.3 is 0 Å². The predicted octanol–water partition coefficient (Wildman–Crippen LogP) is 3.00. The number of nitrogens with two attached hydrogens (primary N) is 1. The maximum atomic E-state index is 12.0. The van der Waals surface area contributed by atoms with E-state index in [4.69, 9.17) is 5.73 Å². The Hall–Kier alpha value is -1.35. The van der Waals surface area contributed by atoms with E-state index in [9.17, 15) is 4.79 Å². The van der Waals surface area contributed by atoms with Gasteiger partial charge in [0.15, 0.2) is 0 Å². The van der Waals surface area contributed by atoms with Crippen LogP contribution >= 0.6 is 0 Å². The summed E-state index contributed by atoms with van der Waals surface area (Å²) in [6.45, 7) is 8.23. The van der Waals surface area contributed by atoms with E-state index < -0.39 is 6.04 Å². The number of amides is 1. The first-order chi connectivity index (χ1) is 8.95. The summed E-state index contributed by atoms with van der Waals surface area (Å²) in [7, 11) is 0. The van der Waals surface area contributed by atoms with Gasteiger partial charge in [-0.05, 0) is 38.3 Å². The Kier molecular flexibility index (Phi) is 6.03. The van der Waals surface area contributed by atoms with Crippen molar-refractivity contribution in [2.24, 2.45) is 5.73 Å². The second-order valence-electron chi connectivity index (χ2n) is 5.34. The minimum absolute atomic E-state index is 0.0000709. The van der Waals surface area contributed by atoms with Crippen molar-refractivity contribution < 1.29 is 4.79 Å². The average Bonchev–Trinajstić information content (AvgIpc) is 2.38. The zero-order valence-electron chi connectivity index (χ0n) is 12.5. The van der Waals surface area contributed by atoms with Crippen LogP contribution < -0.4 is 11.1 Å². The zero-order valence-corrected chi connectivity index (χ0v) is 12.5. The third kappa shape index (κ3) is 4.67. The van der Waals surface area contributed by atoms with Gasteiger partial charge in [0.1, 0.15) is 0 Å². The number of benzene rings is 1. The summed E-state index contributed by atoms with van der Waals surface area (Å²) in [5.41, 5.74) is 9.45. The molecule has 1 amide bonds. The Morgan fingerprint density at radius 1 is 1.37 bits per heavy atom. The molecular formula is C16H26N2O.